The van der Waals surface area contributed by atoms with E-state index in [9.17, 15) is 4.79 Å². The molecule has 0 saturated carbocycles. The maximum Gasteiger partial charge on any atom is 0.120 e. The topological polar surface area (TPSA) is 17.1 Å². The maximum absolute atomic E-state index is 10.6. The average molecular weight is 226 g/mol. The third-order valence-electron chi connectivity index (χ3n) is 2.81. The zero-order valence-corrected chi connectivity index (χ0v) is 11.8. The highest BCUT2D eigenvalue weighted by Crippen LogP contribution is 2.26. The monoisotopic (exact) mass is 226 g/mol. The highest BCUT2D eigenvalue weighted by atomic mass is 28.3. The number of hydrogen-bond acceptors (Lipinski definition) is 1. The third kappa shape index (κ3) is 7.54. The molecule has 1 atom stereocenters. The standard InChI is InChI=1S/C13H26OSi/c1-5-6-7-8-9-10-13(11-12-14)15(2,3)4/h9-10,12-13H,5-8,11H2,1-4H3/b10-9+. The molecule has 0 aromatic heterocycles. The van der Waals surface area contributed by atoms with Crippen molar-refractivity contribution < 1.29 is 4.79 Å². The summed E-state index contributed by atoms with van der Waals surface area (Å²) in [7, 11) is -1.19. The highest BCUT2D eigenvalue weighted by Gasteiger charge is 2.23. The van der Waals surface area contributed by atoms with E-state index in [1.165, 1.54) is 25.7 Å². The molecule has 88 valence electrons. The van der Waals surface area contributed by atoms with Crippen LogP contribution in [0.25, 0.3) is 0 Å². The number of unbranched alkanes of at least 4 members (excludes halogenated alkanes) is 3. The van der Waals surface area contributed by atoms with Crippen LogP contribution in [0.5, 0.6) is 0 Å². The van der Waals surface area contributed by atoms with Crippen molar-refractivity contribution in [1.82, 2.24) is 0 Å². The zero-order valence-electron chi connectivity index (χ0n) is 10.8. The van der Waals surface area contributed by atoms with E-state index in [1.807, 2.05) is 0 Å². The predicted molar refractivity (Wildman–Crippen MR) is 71.1 cm³/mol. The molecule has 0 aromatic carbocycles. The van der Waals surface area contributed by atoms with Crippen molar-refractivity contribution in [3.63, 3.8) is 0 Å². The second-order valence-electron chi connectivity index (χ2n) is 5.30. The molecule has 0 aliphatic heterocycles. The van der Waals surface area contributed by atoms with Crippen molar-refractivity contribution in [2.24, 2.45) is 0 Å². The van der Waals surface area contributed by atoms with Gasteiger partial charge in [0.2, 0.25) is 0 Å². The van der Waals surface area contributed by atoms with Crippen molar-refractivity contribution in [2.45, 2.75) is 64.2 Å². The smallest absolute Gasteiger partial charge is 0.120 e. The first-order valence-electron chi connectivity index (χ1n) is 6.12. The number of carbonyl (C=O) groups excluding carboxylic acids is 1. The van der Waals surface area contributed by atoms with Gasteiger partial charge in [0, 0.05) is 6.42 Å². The largest absolute Gasteiger partial charge is 0.303 e. The summed E-state index contributed by atoms with van der Waals surface area (Å²) in [5.74, 6) is 0. The zero-order chi connectivity index (χ0) is 11.7. The lowest BCUT2D eigenvalue weighted by Gasteiger charge is -2.24. The van der Waals surface area contributed by atoms with Crippen LogP contribution in [0.15, 0.2) is 12.2 Å². The number of aldehydes is 1. The fourth-order valence-electron chi connectivity index (χ4n) is 1.60. The molecule has 0 saturated heterocycles. The third-order valence-corrected chi connectivity index (χ3v) is 5.46. The quantitative estimate of drug-likeness (QED) is 0.259. The Morgan fingerprint density at radius 2 is 1.87 bits per heavy atom. The van der Waals surface area contributed by atoms with Gasteiger partial charge in [0.05, 0.1) is 8.07 Å². The molecule has 0 aromatic rings. The van der Waals surface area contributed by atoms with Gasteiger partial charge in [-0.2, -0.15) is 0 Å². The Balaban J connectivity index is 3.99. The van der Waals surface area contributed by atoms with Crippen LogP contribution in [0.2, 0.25) is 25.2 Å². The molecule has 2 heteroatoms. The van der Waals surface area contributed by atoms with Crippen LogP contribution in [-0.4, -0.2) is 14.4 Å². The van der Waals surface area contributed by atoms with Crippen molar-refractivity contribution >= 4 is 14.4 Å². The molecule has 0 aliphatic carbocycles. The van der Waals surface area contributed by atoms with E-state index in [0.717, 1.165) is 6.29 Å². The first kappa shape index (κ1) is 14.6. The van der Waals surface area contributed by atoms with Gasteiger partial charge in [-0.25, -0.2) is 0 Å². The molecule has 15 heavy (non-hydrogen) atoms. The van der Waals surface area contributed by atoms with E-state index in [0.29, 0.717) is 12.0 Å². The molecule has 0 N–H and O–H groups in total. The summed E-state index contributed by atoms with van der Waals surface area (Å²) in [6.45, 7) is 9.22. The van der Waals surface area contributed by atoms with E-state index < -0.39 is 8.07 Å². The van der Waals surface area contributed by atoms with Crippen molar-refractivity contribution in [2.75, 3.05) is 0 Å². The van der Waals surface area contributed by atoms with Crippen molar-refractivity contribution in [1.29, 1.82) is 0 Å². The lowest BCUT2D eigenvalue weighted by molar-refractivity contribution is -0.107. The number of rotatable bonds is 8. The second kappa shape index (κ2) is 7.86. The Bertz CT molecular complexity index is 191. The van der Waals surface area contributed by atoms with Gasteiger partial charge in [0.15, 0.2) is 0 Å². The van der Waals surface area contributed by atoms with Gasteiger partial charge in [-0.05, 0) is 18.4 Å². The molecule has 0 radical (unpaired) electrons. The van der Waals surface area contributed by atoms with Crippen LogP contribution in [0.4, 0.5) is 0 Å². The summed E-state index contributed by atoms with van der Waals surface area (Å²) in [4.78, 5) is 10.6. The average Bonchev–Trinajstić information content (AvgIpc) is 2.14. The van der Waals surface area contributed by atoms with E-state index >= 15 is 0 Å². The highest BCUT2D eigenvalue weighted by molar-refractivity contribution is 6.78. The van der Waals surface area contributed by atoms with Crippen LogP contribution < -0.4 is 0 Å². The van der Waals surface area contributed by atoms with E-state index in [2.05, 4.69) is 38.7 Å². The van der Waals surface area contributed by atoms with Crippen LogP contribution in [0, 0.1) is 0 Å². The summed E-state index contributed by atoms with van der Waals surface area (Å²) in [5, 5.41) is 0. The number of allylic oxidation sites excluding steroid dienone is 2. The minimum absolute atomic E-state index is 0.525. The molecule has 0 rings (SSSR count). The Morgan fingerprint density at radius 1 is 1.20 bits per heavy atom. The molecule has 1 nitrogen and oxygen atoms in total. The lowest BCUT2D eigenvalue weighted by atomic mass is 10.2. The molecule has 0 spiro atoms. The van der Waals surface area contributed by atoms with Crippen LogP contribution in [-0.2, 0) is 4.79 Å². The van der Waals surface area contributed by atoms with Gasteiger partial charge in [-0.1, -0.05) is 51.6 Å². The lowest BCUT2D eigenvalue weighted by Crippen LogP contribution is -2.27. The Morgan fingerprint density at radius 3 is 2.33 bits per heavy atom. The predicted octanol–water partition coefficient (Wildman–Crippen LogP) is 4.42. The molecule has 0 aliphatic rings. The molecular weight excluding hydrogens is 200 g/mol. The summed E-state index contributed by atoms with van der Waals surface area (Å²) in [6.07, 6.45) is 11.4. The molecule has 0 fully saturated rings. The maximum atomic E-state index is 10.6. The van der Waals surface area contributed by atoms with Crippen LogP contribution in [0.1, 0.15) is 39.0 Å². The van der Waals surface area contributed by atoms with Crippen LogP contribution >= 0.6 is 0 Å². The molecular formula is C13H26OSi. The molecule has 0 heterocycles. The summed E-state index contributed by atoms with van der Waals surface area (Å²) in [5.41, 5.74) is 0.525. The minimum atomic E-state index is -1.19. The van der Waals surface area contributed by atoms with Gasteiger partial charge >= 0.3 is 0 Å². The van der Waals surface area contributed by atoms with Gasteiger partial charge in [0.25, 0.3) is 0 Å². The number of carbonyl (C=O) groups is 1. The van der Waals surface area contributed by atoms with Gasteiger partial charge in [0.1, 0.15) is 6.29 Å². The SMILES string of the molecule is CCCCC/C=C/C(CC=O)[Si](C)(C)C. The van der Waals surface area contributed by atoms with Gasteiger partial charge in [-0.3, -0.25) is 0 Å². The Labute approximate surface area is 96.0 Å². The minimum Gasteiger partial charge on any atom is -0.303 e. The molecule has 0 bridgehead atoms. The number of hydrogen-bond donors (Lipinski definition) is 0. The second-order valence-corrected chi connectivity index (χ2v) is 10.8. The molecule has 0 amide bonds. The van der Waals surface area contributed by atoms with E-state index in [4.69, 9.17) is 0 Å². The van der Waals surface area contributed by atoms with Crippen molar-refractivity contribution in [3.8, 4) is 0 Å². The normalized spacial score (nSPS) is 14.4. The first-order chi connectivity index (χ1) is 7.02. The van der Waals surface area contributed by atoms with Crippen molar-refractivity contribution in [3.05, 3.63) is 12.2 Å². The summed E-state index contributed by atoms with van der Waals surface area (Å²) < 4.78 is 0. The summed E-state index contributed by atoms with van der Waals surface area (Å²) in [6, 6.07) is 0. The Hall–Kier alpha value is -0.373. The fraction of sp³-hybridized carbons (Fsp3) is 0.769. The van der Waals surface area contributed by atoms with E-state index in [-0.39, 0.29) is 0 Å². The van der Waals surface area contributed by atoms with E-state index in [1.54, 1.807) is 0 Å². The van der Waals surface area contributed by atoms with Gasteiger partial charge in [-0.15, -0.1) is 0 Å². The Kier molecular flexibility index (Phi) is 7.66. The summed E-state index contributed by atoms with van der Waals surface area (Å²) >= 11 is 0. The first-order valence-corrected chi connectivity index (χ1v) is 9.70. The van der Waals surface area contributed by atoms with Crippen LogP contribution in [0.3, 0.4) is 0 Å². The van der Waals surface area contributed by atoms with Gasteiger partial charge < -0.3 is 4.79 Å². The fourth-order valence-corrected chi connectivity index (χ4v) is 3.11. The molecule has 1 unspecified atom stereocenters.